The molecule has 1 N–H and O–H groups in total. The van der Waals surface area contributed by atoms with Crippen molar-refractivity contribution >= 4 is 41.3 Å². The first-order valence-corrected chi connectivity index (χ1v) is 11.7. The standard InChI is InChI=1S/C26H24Cl2N2O5/c1-3-13-34-20-9-6-18(7-10-20)26(32)35-23-12-5-17(14-24(23)33-4-2)16-29-30-25(31)21-11-8-19(27)15-22(21)28/h5-12,14-16H,3-4,13H2,1-2H3,(H,30,31)/b29-16-. The van der Waals surface area contributed by atoms with Crippen molar-refractivity contribution in [3.63, 3.8) is 0 Å². The Balaban J connectivity index is 1.67. The van der Waals surface area contributed by atoms with E-state index in [9.17, 15) is 9.59 Å². The summed E-state index contributed by atoms with van der Waals surface area (Å²) in [5.41, 5.74) is 3.66. The summed E-state index contributed by atoms with van der Waals surface area (Å²) in [7, 11) is 0. The van der Waals surface area contributed by atoms with Gasteiger partial charge < -0.3 is 14.2 Å². The van der Waals surface area contributed by atoms with Crippen LogP contribution in [-0.2, 0) is 0 Å². The van der Waals surface area contributed by atoms with Crippen LogP contribution in [0, 0.1) is 0 Å². The summed E-state index contributed by atoms with van der Waals surface area (Å²) >= 11 is 11.9. The molecule has 1 amide bonds. The van der Waals surface area contributed by atoms with Gasteiger partial charge in [0.2, 0.25) is 0 Å². The van der Waals surface area contributed by atoms with Gasteiger partial charge in [0, 0.05) is 5.02 Å². The second-order valence-corrected chi connectivity index (χ2v) is 8.07. The lowest BCUT2D eigenvalue weighted by molar-refractivity contribution is 0.0728. The van der Waals surface area contributed by atoms with Gasteiger partial charge in [-0.2, -0.15) is 5.10 Å². The molecule has 0 fully saturated rings. The van der Waals surface area contributed by atoms with Crippen molar-refractivity contribution in [1.82, 2.24) is 5.43 Å². The molecule has 0 atom stereocenters. The van der Waals surface area contributed by atoms with Crippen molar-refractivity contribution in [2.45, 2.75) is 20.3 Å². The van der Waals surface area contributed by atoms with Crippen LogP contribution in [0.1, 0.15) is 46.5 Å². The summed E-state index contributed by atoms with van der Waals surface area (Å²) in [6.45, 7) is 4.81. The number of benzene rings is 3. The third-order valence-corrected chi connectivity index (χ3v) is 5.14. The zero-order valence-corrected chi connectivity index (χ0v) is 20.7. The van der Waals surface area contributed by atoms with E-state index >= 15 is 0 Å². The van der Waals surface area contributed by atoms with Crippen LogP contribution in [0.15, 0.2) is 65.8 Å². The number of hydrogen-bond acceptors (Lipinski definition) is 6. The molecule has 3 rings (SSSR count). The Morgan fingerprint density at radius 2 is 1.71 bits per heavy atom. The number of ether oxygens (including phenoxy) is 3. The molecule has 35 heavy (non-hydrogen) atoms. The Kier molecular flexibility index (Phi) is 9.52. The van der Waals surface area contributed by atoms with Crippen LogP contribution in [0.4, 0.5) is 0 Å². The van der Waals surface area contributed by atoms with E-state index in [4.69, 9.17) is 37.4 Å². The van der Waals surface area contributed by atoms with Gasteiger partial charge in [-0.25, -0.2) is 10.2 Å². The minimum Gasteiger partial charge on any atom is -0.494 e. The number of nitrogens with one attached hydrogen (secondary N) is 1. The minimum atomic E-state index is -0.526. The second-order valence-electron chi connectivity index (χ2n) is 7.22. The molecule has 0 aliphatic heterocycles. The maximum absolute atomic E-state index is 12.6. The average Bonchev–Trinajstić information content (AvgIpc) is 2.84. The molecule has 3 aromatic rings. The molecule has 0 radical (unpaired) electrons. The van der Waals surface area contributed by atoms with E-state index in [0.29, 0.717) is 40.9 Å². The summed E-state index contributed by atoms with van der Waals surface area (Å²) in [5.74, 6) is 0.302. The van der Waals surface area contributed by atoms with E-state index in [1.165, 1.54) is 18.3 Å². The normalized spacial score (nSPS) is 10.7. The molecule has 0 unspecified atom stereocenters. The topological polar surface area (TPSA) is 86.2 Å². The predicted molar refractivity (Wildman–Crippen MR) is 136 cm³/mol. The molecule has 7 nitrogen and oxygen atoms in total. The fourth-order valence-corrected chi connectivity index (χ4v) is 3.42. The third-order valence-electron chi connectivity index (χ3n) is 4.59. The van der Waals surface area contributed by atoms with Gasteiger partial charge in [-0.15, -0.1) is 0 Å². The Morgan fingerprint density at radius 3 is 2.40 bits per heavy atom. The lowest BCUT2D eigenvalue weighted by atomic mass is 10.2. The van der Waals surface area contributed by atoms with Gasteiger partial charge in [-0.1, -0.05) is 30.1 Å². The van der Waals surface area contributed by atoms with Crippen molar-refractivity contribution in [3.05, 3.63) is 87.4 Å². The summed E-state index contributed by atoms with van der Waals surface area (Å²) in [6.07, 6.45) is 2.33. The van der Waals surface area contributed by atoms with Crippen molar-refractivity contribution in [2.75, 3.05) is 13.2 Å². The van der Waals surface area contributed by atoms with E-state index in [1.807, 2.05) is 13.8 Å². The largest absolute Gasteiger partial charge is 0.494 e. The van der Waals surface area contributed by atoms with E-state index < -0.39 is 11.9 Å². The SMILES string of the molecule is CCCOc1ccc(C(=O)Oc2ccc(/C=N\NC(=O)c3ccc(Cl)cc3Cl)cc2OCC)cc1. The molecule has 0 aromatic heterocycles. The van der Waals surface area contributed by atoms with E-state index in [-0.39, 0.29) is 16.3 Å². The van der Waals surface area contributed by atoms with Crippen molar-refractivity contribution in [2.24, 2.45) is 5.10 Å². The number of esters is 1. The highest BCUT2D eigenvalue weighted by Crippen LogP contribution is 2.29. The minimum absolute atomic E-state index is 0.220. The molecule has 0 saturated carbocycles. The Labute approximate surface area is 213 Å². The van der Waals surface area contributed by atoms with Crippen LogP contribution in [0.3, 0.4) is 0 Å². The number of amides is 1. The molecular weight excluding hydrogens is 491 g/mol. The predicted octanol–water partition coefficient (Wildman–Crippen LogP) is 6.16. The highest BCUT2D eigenvalue weighted by molar-refractivity contribution is 6.36. The zero-order valence-electron chi connectivity index (χ0n) is 19.2. The molecule has 3 aromatic carbocycles. The molecule has 0 spiro atoms. The van der Waals surface area contributed by atoms with E-state index in [2.05, 4.69) is 10.5 Å². The first kappa shape index (κ1) is 26.1. The fraction of sp³-hybridized carbons (Fsp3) is 0.192. The van der Waals surface area contributed by atoms with Crippen LogP contribution in [0.5, 0.6) is 17.2 Å². The number of hydrazone groups is 1. The quantitative estimate of drug-likeness (QED) is 0.151. The maximum Gasteiger partial charge on any atom is 0.343 e. The van der Waals surface area contributed by atoms with E-state index in [1.54, 1.807) is 48.5 Å². The van der Waals surface area contributed by atoms with Gasteiger partial charge in [-0.3, -0.25) is 4.79 Å². The zero-order chi connectivity index (χ0) is 25.2. The monoisotopic (exact) mass is 514 g/mol. The molecule has 0 aliphatic rings. The van der Waals surface area contributed by atoms with Crippen molar-refractivity contribution < 1.29 is 23.8 Å². The Hall–Kier alpha value is -3.55. The lowest BCUT2D eigenvalue weighted by Crippen LogP contribution is -2.18. The summed E-state index contributed by atoms with van der Waals surface area (Å²) in [6, 6.07) is 16.2. The van der Waals surface area contributed by atoms with E-state index in [0.717, 1.165) is 6.42 Å². The van der Waals surface area contributed by atoms with Gasteiger partial charge >= 0.3 is 5.97 Å². The van der Waals surface area contributed by atoms with Crippen LogP contribution >= 0.6 is 23.2 Å². The van der Waals surface area contributed by atoms with Crippen LogP contribution in [0.2, 0.25) is 10.0 Å². The number of hydrogen-bond donors (Lipinski definition) is 1. The number of carbonyl (C=O) groups excluding carboxylic acids is 2. The highest BCUT2D eigenvalue weighted by atomic mass is 35.5. The van der Waals surface area contributed by atoms with Gasteiger partial charge in [0.05, 0.1) is 35.6 Å². The fourth-order valence-electron chi connectivity index (χ4n) is 2.92. The number of rotatable bonds is 10. The molecule has 0 bridgehead atoms. The maximum atomic E-state index is 12.6. The summed E-state index contributed by atoms with van der Waals surface area (Å²) < 4.78 is 16.7. The Morgan fingerprint density at radius 1 is 0.943 bits per heavy atom. The molecule has 0 heterocycles. The van der Waals surface area contributed by atoms with Crippen molar-refractivity contribution in [1.29, 1.82) is 0 Å². The summed E-state index contributed by atoms with van der Waals surface area (Å²) in [4.78, 5) is 24.9. The Bertz CT molecular complexity index is 1210. The van der Waals surface area contributed by atoms with Crippen molar-refractivity contribution in [3.8, 4) is 17.2 Å². The summed E-state index contributed by atoms with van der Waals surface area (Å²) in [5, 5.41) is 4.61. The highest BCUT2D eigenvalue weighted by Gasteiger charge is 2.14. The first-order valence-electron chi connectivity index (χ1n) is 10.9. The van der Waals surface area contributed by atoms with Crippen LogP contribution < -0.4 is 19.6 Å². The lowest BCUT2D eigenvalue weighted by Gasteiger charge is -2.12. The van der Waals surface area contributed by atoms with Crippen LogP contribution in [-0.4, -0.2) is 31.3 Å². The number of carbonyl (C=O) groups is 2. The first-order chi connectivity index (χ1) is 16.9. The van der Waals surface area contributed by atoms with Gasteiger partial charge in [0.1, 0.15) is 5.75 Å². The van der Waals surface area contributed by atoms with Gasteiger partial charge in [-0.05, 0) is 79.6 Å². The third kappa shape index (κ3) is 7.47. The second kappa shape index (κ2) is 12.8. The molecule has 9 heteroatoms. The number of halogens is 2. The average molecular weight is 515 g/mol. The molecule has 0 saturated heterocycles. The molecule has 0 aliphatic carbocycles. The number of nitrogens with zero attached hydrogens (tertiary/aromatic N) is 1. The van der Waals surface area contributed by atoms with Crippen LogP contribution in [0.25, 0.3) is 0 Å². The smallest absolute Gasteiger partial charge is 0.343 e. The molecule has 182 valence electrons. The molecular formula is C26H24Cl2N2O5. The van der Waals surface area contributed by atoms with Gasteiger partial charge in [0.15, 0.2) is 11.5 Å². The van der Waals surface area contributed by atoms with Gasteiger partial charge in [0.25, 0.3) is 5.91 Å².